The van der Waals surface area contributed by atoms with E-state index in [0.29, 0.717) is 5.92 Å². The van der Waals surface area contributed by atoms with Crippen LogP contribution in [0.1, 0.15) is 117 Å². The molecule has 127 valence electrons. The predicted molar refractivity (Wildman–Crippen MR) is 98.6 cm³/mol. The first-order chi connectivity index (χ1) is 10.2. The smallest absolute Gasteiger partial charge is 0.0417 e. The topological polar surface area (TPSA) is 0 Å². The molecule has 0 bridgehead atoms. The van der Waals surface area contributed by atoms with Crippen LogP contribution in [0.3, 0.4) is 0 Å². The van der Waals surface area contributed by atoms with Gasteiger partial charge in [0.05, 0.1) is 0 Å². The summed E-state index contributed by atoms with van der Waals surface area (Å²) in [7, 11) is 0. The van der Waals surface area contributed by atoms with E-state index in [0.717, 1.165) is 5.92 Å². The van der Waals surface area contributed by atoms with Gasteiger partial charge in [-0.05, 0) is 11.8 Å². The minimum absolute atomic E-state index is 0.618. The Bertz CT molecular complexity index is 182. The maximum Gasteiger partial charge on any atom is -0.0417 e. The number of hydrogen-bond acceptors (Lipinski definition) is 0. The lowest BCUT2D eigenvalue weighted by atomic mass is 9.92. The highest BCUT2D eigenvalue weighted by Gasteiger charge is 2.05. The third-order valence-electron chi connectivity index (χ3n) is 4.98. The van der Waals surface area contributed by atoms with Crippen LogP contribution in [0.2, 0.25) is 0 Å². The molecule has 0 saturated carbocycles. The van der Waals surface area contributed by atoms with Gasteiger partial charge in [0, 0.05) is 0 Å². The molecule has 0 aromatic heterocycles. The molecular weight excluding hydrogens is 252 g/mol. The summed E-state index contributed by atoms with van der Waals surface area (Å²) in [5.41, 5.74) is 0. The molecule has 0 spiro atoms. The summed E-state index contributed by atoms with van der Waals surface area (Å²) in [5.74, 6) is 1.43. The summed E-state index contributed by atoms with van der Waals surface area (Å²) in [6, 6.07) is 0. The molecule has 0 heterocycles. The summed E-state index contributed by atoms with van der Waals surface area (Å²) < 4.78 is 0. The lowest BCUT2D eigenvalue weighted by Crippen LogP contribution is -2.03. The molecule has 0 heteroatoms. The van der Waals surface area contributed by atoms with Crippen LogP contribution < -0.4 is 0 Å². The summed E-state index contributed by atoms with van der Waals surface area (Å²) in [4.78, 5) is 0. The van der Waals surface area contributed by atoms with Crippen molar-refractivity contribution in [3.8, 4) is 0 Å². The largest absolute Gasteiger partial charge is 0.0654 e. The van der Waals surface area contributed by atoms with Crippen molar-refractivity contribution in [1.29, 1.82) is 0 Å². The van der Waals surface area contributed by atoms with Gasteiger partial charge in [-0.25, -0.2) is 0 Å². The molecule has 0 aromatic rings. The van der Waals surface area contributed by atoms with Gasteiger partial charge in [-0.2, -0.15) is 0 Å². The summed E-state index contributed by atoms with van der Waals surface area (Å²) >= 11 is 0. The highest BCUT2D eigenvalue weighted by molar-refractivity contribution is 4.63. The van der Waals surface area contributed by atoms with Crippen molar-refractivity contribution in [2.45, 2.75) is 117 Å². The normalized spacial score (nSPS) is 13.0. The molecule has 0 aliphatic carbocycles. The van der Waals surface area contributed by atoms with Crippen LogP contribution in [0.5, 0.6) is 0 Å². The molecule has 0 aromatic carbocycles. The number of hydrogen-bond donors (Lipinski definition) is 0. The van der Waals surface area contributed by atoms with Crippen molar-refractivity contribution in [3.05, 3.63) is 6.92 Å². The highest BCUT2D eigenvalue weighted by Crippen LogP contribution is 2.18. The van der Waals surface area contributed by atoms with Crippen LogP contribution in [0.15, 0.2) is 0 Å². The van der Waals surface area contributed by atoms with Gasteiger partial charge in [0.25, 0.3) is 0 Å². The van der Waals surface area contributed by atoms with E-state index < -0.39 is 0 Å². The van der Waals surface area contributed by atoms with Gasteiger partial charge in [0.15, 0.2) is 0 Å². The Hall–Kier alpha value is 0. The molecular formula is C21H43. The second-order valence-corrected chi connectivity index (χ2v) is 7.34. The Morgan fingerprint density at radius 2 is 0.905 bits per heavy atom. The first kappa shape index (κ1) is 21.0. The van der Waals surface area contributed by atoms with Gasteiger partial charge < -0.3 is 0 Å². The fourth-order valence-corrected chi connectivity index (χ4v) is 2.95. The standard InChI is InChI=1S/C21H43/c1-5-6-7-8-9-10-11-12-13-14-15-16-17-18-19-21(4)20(2)3/h20-21H,2,5-19H2,1,3-4H3. The Morgan fingerprint density at radius 1 is 0.571 bits per heavy atom. The summed E-state index contributed by atoms with van der Waals surface area (Å²) in [6.07, 6.45) is 21.7. The van der Waals surface area contributed by atoms with Gasteiger partial charge in [0.2, 0.25) is 0 Å². The Morgan fingerprint density at radius 3 is 1.24 bits per heavy atom. The molecule has 0 aliphatic heterocycles. The molecule has 0 saturated heterocycles. The van der Waals surface area contributed by atoms with Crippen LogP contribution in [-0.4, -0.2) is 0 Å². The molecule has 0 nitrogen and oxygen atoms in total. The first-order valence-corrected chi connectivity index (χ1v) is 10.0. The zero-order valence-electron chi connectivity index (χ0n) is 15.5. The maximum absolute atomic E-state index is 4.12. The monoisotopic (exact) mass is 295 g/mol. The minimum atomic E-state index is 0.618. The van der Waals surface area contributed by atoms with Crippen molar-refractivity contribution in [3.63, 3.8) is 0 Å². The Labute approximate surface area is 136 Å². The van der Waals surface area contributed by atoms with Crippen molar-refractivity contribution in [2.75, 3.05) is 0 Å². The molecule has 0 N–H and O–H groups in total. The second-order valence-electron chi connectivity index (χ2n) is 7.34. The number of unbranched alkanes of at least 4 members (excludes halogenated alkanes) is 13. The SMILES string of the molecule is [CH2]C(C)C(C)CCCCCCCCCCCCCCCC. The first-order valence-electron chi connectivity index (χ1n) is 10.0. The van der Waals surface area contributed by atoms with E-state index in [2.05, 4.69) is 27.7 Å². The van der Waals surface area contributed by atoms with Crippen LogP contribution in [0, 0.1) is 18.8 Å². The molecule has 0 amide bonds. The molecule has 2 atom stereocenters. The van der Waals surface area contributed by atoms with Crippen LogP contribution >= 0.6 is 0 Å². The van der Waals surface area contributed by atoms with E-state index in [1.807, 2.05) is 0 Å². The predicted octanol–water partition coefficient (Wildman–Crippen LogP) is 7.96. The average molecular weight is 296 g/mol. The van der Waals surface area contributed by atoms with E-state index >= 15 is 0 Å². The third-order valence-corrected chi connectivity index (χ3v) is 4.98. The summed E-state index contributed by atoms with van der Waals surface area (Å²) in [6.45, 7) is 11.0. The van der Waals surface area contributed by atoms with Gasteiger partial charge >= 0.3 is 0 Å². The van der Waals surface area contributed by atoms with Crippen molar-refractivity contribution < 1.29 is 0 Å². The van der Waals surface area contributed by atoms with E-state index in [1.165, 1.54) is 96.3 Å². The zero-order valence-corrected chi connectivity index (χ0v) is 15.5. The zero-order chi connectivity index (χ0) is 15.8. The lowest BCUT2D eigenvalue weighted by molar-refractivity contribution is 0.402. The Kier molecular flexibility index (Phi) is 16.4. The van der Waals surface area contributed by atoms with Crippen molar-refractivity contribution in [1.82, 2.24) is 0 Å². The van der Waals surface area contributed by atoms with Crippen LogP contribution in [-0.2, 0) is 0 Å². The van der Waals surface area contributed by atoms with Gasteiger partial charge in [0.1, 0.15) is 0 Å². The Balaban J connectivity index is 3.03. The maximum atomic E-state index is 4.12. The van der Waals surface area contributed by atoms with E-state index in [1.54, 1.807) is 0 Å². The van der Waals surface area contributed by atoms with Crippen molar-refractivity contribution in [2.24, 2.45) is 11.8 Å². The van der Waals surface area contributed by atoms with Gasteiger partial charge in [-0.1, -0.05) is 124 Å². The fourth-order valence-electron chi connectivity index (χ4n) is 2.95. The lowest BCUT2D eigenvalue weighted by Gasteiger charge is -2.14. The third kappa shape index (κ3) is 16.2. The molecule has 1 radical (unpaired) electrons. The van der Waals surface area contributed by atoms with Crippen LogP contribution in [0.25, 0.3) is 0 Å². The highest BCUT2D eigenvalue weighted by atomic mass is 14.1. The van der Waals surface area contributed by atoms with Crippen molar-refractivity contribution >= 4 is 0 Å². The fraction of sp³-hybridized carbons (Fsp3) is 0.952. The molecule has 2 unspecified atom stereocenters. The van der Waals surface area contributed by atoms with E-state index in [4.69, 9.17) is 0 Å². The van der Waals surface area contributed by atoms with E-state index in [9.17, 15) is 0 Å². The second kappa shape index (κ2) is 16.4. The molecule has 21 heavy (non-hydrogen) atoms. The molecule has 0 fully saturated rings. The number of rotatable bonds is 16. The quantitative estimate of drug-likeness (QED) is 0.253. The van der Waals surface area contributed by atoms with E-state index in [-0.39, 0.29) is 0 Å². The van der Waals surface area contributed by atoms with Gasteiger partial charge in [-0.15, -0.1) is 0 Å². The summed E-state index contributed by atoms with van der Waals surface area (Å²) in [5, 5.41) is 0. The van der Waals surface area contributed by atoms with Crippen LogP contribution in [0.4, 0.5) is 0 Å². The minimum Gasteiger partial charge on any atom is -0.0654 e. The van der Waals surface area contributed by atoms with Gasteiger partial charge in [-0.3, -0.25) is 0 Å². The molecule has 0 aliphatic rings. The average Bonchev–Trinajstić information content (AvgIpc) is 2.47. The molecule has 0 rings (SSSR count).